The predicted molar refractivity (Wildman–Crippen MR) is 85.6 cm³/mol. The van der Waals surface area contributed by atoms with Gasteiger partial charge >= 0.3 is 0 Å². The maximum atomic E-state index is 12.7. The Morgan fingerprint density at radius 1 is 1.15 bits per heavy atom. The highest BCUT2D eigenvalue weighted by Crippen LogP contribution is 2.26. The van der Waals surface area contributed by atoms with Crippen LogP contribution in [-0.2, 0) is 4.79 Å². The second-order valence-electron chi connectivity index (χ2n) is 4.78. The molecule has 1 atom stereocenters. The van der Waals surface area contributed by atoms with E-state index in [2.05, 4.69) is 19.2 Å². The minimum atomic E-state index is -0.229. The van der Waals surface area contributed by atoms with Crippen molar-refractivity contribution < 1.29 is 9.18 Å². The number of hydrogen-bond acceptors (Lipinski definition) is 2. The highest BCUT2D eigenvalue weighted by atomic mass is 19.1. The molecule has 0 spiro atoms. The fourth-order valence-corrected chi connectivity index (χ4v) is 1.79. The van der Waals surface area contributed by atoms with Crippen LogP contribution < -0.4 is 5.32 Å². The normalized spacial score (nSPS) is 10.8. The lowest BCUT2D eigenvalue weighted by Crippen LogP contribution is -2.04. The molecular formula is C17H30FNO. The van der Waals surface area contributed by atoms with E-state index in [0.29, 0.717) is 12.3 Å². The highest BCUT2D eigenvalue weighted by molar-refractivity contribution is 5.51. The summed E-state index contributed by atoms with van der Waals surface area (Å²) >= 11 is 0. The zero-order valence-electron chi connectivity index (χ0n) is 13.7. The Labute approximate surface area is 123 Å². The molecule has 0 radical (unpaired) electrons. The van der Waals surface area contributed by atoms with Gasteiger partial charge in [-0.15, -0.1) is 0 Å². The lowest BCUT2D eigenvalue weighted by Gasteiger charge is -2.16. The van der Waals surface area contributed by atoms with Crippen molar-refractivity contribution in [3.63, 3.8) is 0 Å². The van der Waals surface area contributed by atoms with Gasteiger partial charge in [-0.1, -0.05) is 39.8 Å². The molecular weight excluding hydrogens is 253 g/mol. The van der Waals surface area contributed by atoms with Gasteiger partial charge in [0.05, 0.1) is 0 Å². The third kappa shape index (κ3) is 10.7. The molecule has 1 N–H and O–H groups in total. The first-order valence-corrected chi connectivity index (χ1v) is 7.32. The molecule has 0 fully saturated rings. The maximum Gasteiger partial charge on any atom is 0.123 e. The number of carbonyl (C=O) groups is 1. The van der Waals surface area contributed by atoms with Crippen LogP contribution in [0.5, 0.6) is 0 Å². The van der Waals surface area contributed by atoms with Gasteiger partial charge in [0.25, 0.3) is 0 Å². The first kappa shape index (κ1) is 21.1. The Morgan fingerprint density at radius 3 is 1.95 bits per heavy atom. The third-order valence-corrected chi connectivity index (χ3v) is 2.48. The molecule has 0 amide bonds. The number of nitrogens with one attached hydrogen (secondary N) is 1. The van der Waals surface area contributed by atoms with E-state index in [1.807, 2.05) is 27.9 Å². The predicted octanol–water partition coefficient (Wildman–Crippen LogP) is 4.41. The molecule has 0 heterocycles. The molecule has 1 rings (SSSR count). The third-order valence-electron chi connectivity index (χ3n) is 2.48. The van der Waals surface area contributed by atoms with Crippen molar-refractivity contribution in [1.29, 1.82) is 0 Å². The lowest BCUT2D eigenvalue weighted by atomic mass is 9.88. The van der Waals surface area contributed by atoms with Crippen molar-refractivity contribution in [2.24, 2.45) is 5.92 Å². The topological polar surface area (TPSA) is 29.1 Å². The Hall–Kier alpha value is -1.22. The molecule has 20 heavy (non-hydrogen) atoms. The highest BCUT2D eigenvalue weighted by Gasteiger charge is 2.12. The van der Waals surface area contributed by atoms with Crippen molar-refractivity contribution in [2.75, 3.05) is 14.1 Å². The van der Waals surface area contributed by atoms with Gasteiger partial charge in [-0.3, -0.25) is 0 Å². The molecule has 0 aliphatic heterocycles. The molecule has 1 unspecified atom stereocenters. The average Bonchev–Trinajstić information content (AvgIpc) is 2.42. The molecule has 0 saturated heterocycles. The van der Waals surface area contributed by atoms with E-state index >= 15 is 0 Å². The van der Waals surface area contributed by atoms with Crippen molar-refractivity contribution in [3.8, 4) is 0 Å². The van der Waals surface area contributed by atoms with E-state index in [4.69, 9.17) is 0 Å². The zero-order valence-corrected chi connectivity index (χ0v) is 13.7. The summed E-state index contributed by atoms with van der Waals surface area (Å²) in [6.45, 7) is 8.25. The van der Waals surface area contributed by atoms with E-state index in [9.17, 15) is 9.18 Å². The molecule has 2 nitrogen and oxygen atoms in total. The largest absolute Gasteiger partial charge is 0.323 e. The van der Waals surface area contributed by atoms with Crippen LogP contribution in [0.2, 0.25) is 0 Å². The van der Waals surface area contributed by atoms with Crippen LogP contribution in [-0.4, -0.2) is 20.4 Å². The van der Waals surface area contributed by atoms with Crippen molar-refractivity contribution in [1.82, 2.24) is 5.32 Å². The van der Waals surface area contributed by atoms with Crippen LogP contribution in [0.3, 0.4) is 0 Å². The van der Waals surface area contributed by atoms with Gasteiger partial charge in [0.15, 0.2) is 0 Å². The van der Waals surface area contributed by atoms with Gasteiger partial charge in [0.1, 0.15) is 12.1 Å². The summed E-state index contributed by atoms with van der Waals surface area (Å²) in [5.41, 5.74) is 1.05. The smallest absolute Gasteiger partial charge is 0.123 e. The summed E-state index contributed by atoms with van der Waals surface area (Å²) in [5, 5.41) is 2.75. The maximum absolute atomic E-state index is 12.7. The molecule has 0 saturated carbocycles. The lowest BCUT2D eigenvalue weighted by molar-refractivity contribution is -0.108. The summed E-state index contributed by atoms with van der Waals surface area (Å²) in [6, 6.07) is 6.44. The summed E-state index contributed by atoms with van der Waals surface area (Å²) in [4.78, 5) is 10.6. The zero-order chi connectivity index (χ0) is 16.0. The summed E-state index contributed by atoms with van der Waals surface area (Å²) in [5.74, 6) is 0.538. The first-order chi connectivity index (χ1) is 9.54. The monoisotopic (exact) mass is 283 g/mol. The summed E-state index contributed by atoms with van der Waals surface area (Å²) in [7, 11) is 3.75. The van der Waals surface area contributed by atoms with Crippen LogP contribution in [0.4, 0.5) is 4.39 Å². The van der Waals surface area contributed by atoms with E-state index < -0.39 is 0 Å². The van der Waals surface area contributed by atoms with Gasteiger partial charge in [-0.2, -0.15) is 0 Å². The standard InChI is InChI=1S/C13H17FO.C2H7N.C2H6/c1-10(2)9-12(7-8-15)11-3-5-13(14)6-4-11;1-3-2;1-2/h3-6,8,10,12H,7,9H2,1-2H3;3H,1-2H3;1-2H3. The Balaban J connectivity index is 0. The van der Waals surface area contributed by atoms with E-state index in [1.54, 1.807) is 12.1 Å². The molecule has 1 aromatic carbocycles. The SMILES string of the molecule is CC.CC(C)CC(CC=O)c1ccc(F)cc1.CNC. The average molecular weight is 283 g/mol. The number of benzene rings is 1. The van der Waals surface area contributed by atoms with Gasteiger partial charge < -0.3 is 10.1 Å². The van der Waals surface area contributed by atoms with Crippen LogP contribution in [0.25, 0.3) is 0 Å². The molecule has 0 aliphatic carbocycles. The molecule has 3 heteroatoms. The molecule has 116 valence electrons. The van der Waals surface area contributed by atoms with Crippen LogP contribution in [0.1, 0.15) is 52.0 Å². The molecule has 1 aromatic rings. The Kier molecular flexibility index (Phi) is 15.0. The van der Waals surface area contributed by atoms with Crippen LogP contribution in [0, 0.1) is 11.7 Å². The minimum absolute atomic E-state index is 0.225. The van der Waals surface area contributed by atoms with Crippen molar-refractivity contribution in [3.05, 3.63) is 35.6 Å². The van der Waals surface area contributed by atoms with Gasteiger partial charge in [0.2, 0.25) is 0 Å². The number of hydrogen-bond donors (Lipinski definition) is 1. The fourth-order valence-electron chi connectivity index (χ4n) is 1.79. The minimum Gasteiger partial charge on any atom is -0.323 e. The fraction of sp³-hybridized carbons (Fsp3) is 0.588. The van der Waals surface area contributed by atoms with Crippen LogP contribution >= 0.6 is 0 Å². The second kappa shape index (κ2) is 14.2. The van der Waals surface area contributed by atoms with E-state index in [0.717, 1.165) is 18.3 Å². The number of carbonyl (C=O) groups excluding carboxylic acids is 1. The number of aldehydes is 1. The van der Waals surface area contributed by atoms with Gasteiger partial charge in [-0.25, -0.2) is 4.39 Å². The van der Waals surface area contributed by atoms with Crippen molar-refractivity contribution >= 4 is 6.29 Å². The van der Waals surface area contributed by atoms with E-state index in [-0.39, 0.29) is 11.7 Å². The molecule has 0 aromatic heterocycles. The quantitative estimate of drug-likeness (QED) is 0.811. The van der Waals surface area contributed by atoms with Gasteiger partial charge in [-0.05, 0) is 50.0 Å². The van der Waals surface area contributed by atoms with Gasteiger partial charge in [0, 0.05) is 6.42 Å². The molecule has 0 aliphatic rings. The summed E-state index contributed by atoms with van der Waals surface area (Å²) < 4.78 is 12.7. The van der Waals surface area contributed by atoms with Crippen LogP contribution in [0.15, 0.2) is 24.3 Å². The van der Waals surface area contributed by atoms with Crippen molar-refractivity contribution in [2.45, 2.75) is 46.5 Å². The number of halogens is 1. The first-order valence-electron chi connectivity index (χ1n) is 7.32. The number of rotatable bonds is 5. The molecule has 0 bridgehead atoms. The summed E-state index contributed by atoms with van der Waals surface area (Å²) in [6.07, 6.45) is 2.42. The Bertz CT molecular complexity index is 322. The Morgan fingerprint density at radius 2 is 1.60 bits per heavy atom. The van der Waals surface area contributed by atoms with E-state index in [1.165, 1.54) is 12.1 Å². The second-order valence-corrected chi connectivity index (χ2v) is 4.78.